The Morgan fingerprint density at radius 1 is 0.933 bits per heavy atom. The van der Waals surface area contributed by atoms with E-state index < -0.39 is 27.8 Å². The summed E-state index contributed by atoms with van der Waals surface area (Å²) in [5.74, 6) is -1.79. The molecule has 0 unspecified atom stereocenters. The van der Waals surface area contributed by atoms with E-state index in [2.05, 4.69) is 0 Å². The van der Waals surface area contributed by atoms with Gasteiger partial charge in [0.1, 0.15) is 0 Å². The first kappa shape index (κ1) is 21.3. The number of hydrogen-bond donors (Lipinski definition) is 1. The number of fused-ring (bicyclic) bond motifs is 3. The van der Waals surface area contributed by atoms with Crippen molar-refractivity contribution in [2.24, 2.45) is 23.7 Å². The van der Waals surface area contributed by atoms with Gasteiger partial charge in [-0.2, -0.15) is 4.31 Å². The maximum Gasteiger partial charge on any atom is 0.307 e. The van der Waals surface area contributed by atoms with Gasteiger partial charge in [0.2, 0.25) is 15.9 Å². The van der Waals surface area contributed by atoms with Crippen LogP contribution in [-0.2, 0) is 19.6 Å². The minimum absolute atomic E-state index is 0.0902. The van der Waals surface area contributed by atoms with Crippen LogP contribution in [0.25, 0.3) is 0 Å². The second kappa shape index (κ2) is 7.96. The number of carboxylic acid groups (broad SMARTS) is 1. The second-order valence-corrected chi connectivity index (χ2v) is 11.0. The summed E-state index contributed by atoms with van der Waals surface area (Å²) in [7, 11) is -3.62. The van der Waals surface area contributed by atoms with Crippen molar-refractivity contribution in [1.29, 1.82) is 0 Å². The summed E-state index contributed by atoms with van der Waals surface area (Å²) < 4.78 is 27.7. The van der Waals surface area contributed by atoms with Crippen molar-refractivity contribution < 1.29 is 23.1 Å². The van der Waals surface area contributed by atoms with Crippen molar-refractivity contribution in [1.82, 2.24) is 9.21 Å². The number of piperazine rings is 1. The van der Waals surface area contributed by atoms with Gasteiger partial charge in [-0.05, 0) is 68.6 Å². The van der Waals surface area contributed by atoms with Crippen molar-refractivity contribution in [2.45, 2.75) is 44.4 Å². The maximum atomic E-state index is 13.3. The molecule has 2 bridgehead atoms. The fourth-order valence-corrected chi connectivity index (χ4v) is 7.38. The average Bonchev–Trinajstić information content (AvgIpc) is 2.75. The summed E-state index contributed by atoms with van der Waals surface area (Å²) in [6, 6.07) is 5.40. The number of aliphatic carboxylic acids is 1. The van der Waals surface area contributed by atoms with Gasteiger partial charge in [0.25, 0.3) is 0 Å². The molecule has 1 aliphatic heterocycles. The van der Waals surface area contributed by atoms with Gasteiger partial charge in [-0.15, -0.1) is 0 Å². The summed E-state index contributed by atoms with van der Waals surface area (Å²) in [5, 5.41) is 9.74. The Morgan fingerprint density at radius 2 is 1.50 bits per heavy atom. The molecule has 0 spiro atoms. The fourth-order valence-electron chi connectivity index (χ4n) is 5.64. The van der Waals surface area contributed by atoms with E-state index in [1.807, 2.05) is 19.1 Å². The topological polar surface area (TPSA) is 95.0 Å². The zero-order valence-corrected chi connectivity index (χ0v) is 18.4. The first-order valence-corrected chi connectivity index (χ1v) is 12.2. The molecule has 2 atom stereocenters. The molecular formula is C22H30N2O5S. The molecule has 5 rings (SSSR count). The van der Waals surface area contributed by atoms with Crippen LogP contribution in [0, 0.1) is 37.5 Å². The summed E-state index contributed by atoms with van der Waals surface area (Å²) >= 11 is 0. The van der Waals surface area contributed by atoms with Crippen LogP contribution in [0.15, 0.2) is 23.1 Å². The third kappa shape index (κ3) is 3.64. The number of rotatable bonds is 4. The molecule has 1 N–H and O–H groups in total. The highest BCUT2D eigenvalue weighted by Crippen LogP contribution is 2.49. The Balaban J connectivity index is 1.47. The molecule has 8 heteroatoms. The lowest BCUT2D eigenvalue weighted by atomic mass is 9.58. The molecule has 0 aromatic heterocycles. The highest BCUT2D eigenvalue weighted by Gasteiger charge is 2.51. The van der Waals surface area contributed by atoms with Gasteiger partial charge in [-0.25, -0.2) is 8.42 Å². The minimum Gasteiger partial charge on any atom is -0.481 e. The number of carbonyl (C=O) groups excluding carboxylic acids is 1. The first-order chi connectivity index (χ1) is 14.2. The maximum absolute atomic E-state index is 13.3. The van der Waals surface area contributed by atoms with Crippen LogP contribution in [-0.4, -0.2) is 60.8 Å². The van der Waals surface area contributed by atoms with Crippen molar-refractivity contribution in [3.8, 4) is 0 Å². The molecule has 4 aliphatic rings. The second-order valence-electron chi connectivity index (χ2n) is 9.06. The van der Waals surface area contributed by atoms with Gasteiger partial charge in [0.05, 0.1) is 16.7 Å². The molecule has 3 saturated carbocycles. The van der Waals surface area contributed by atoms with Crippen LogP contribution in [0.3, 0.4) is 0 Å². The van der Waals surface area contributed by atoms with E-state index in [0.717, 1.165) is 31.2 Å². The van der Waals surface area contributed by atoms with Crippen molar-refractivity contribution in [3.05, 3.63) is 29.3 Å². The van der Waals surface area contributed by atoms with E-state index in [9.17, 15) is 23.1 Å². The number of hydrogen-bond acceptors (Lipinski definition) is 4. The van der Waals surface area contributed by atoms with Gasteiger partial charge >= 0.3 is 5.97 Å². The van der Waals surface area contributed by atoms with Gasteiger partial charge < -0.3 is 10.0 Å². The Labute approximate surface area is 178 Å². The number of carbonyl (C=O) groups is 2. The highest BCUT2D eigenvalue weighted by atomic mass is 32.2. The third-order valence-corrected chi connectivity index (χ3v) is 9.34. The monoisotopic (exact) mass is 434 g/mol. The number of carboxylic acids is 1. The number of amides is 1. The standard InChI is InChI=1S/C22H30N2O5S/c1-14-3-4-15(2)18(13-14)30(28,29)24-11-9-23(10-12-24)21(25)19-16-5-7-17(8-6-16)20(19)22(26)27/h3-4,13,16-17,19-20H,5-12H2,1-2H3,(H,26,27)/t16?,17?,19-,20+/m1/s1. The molecule has 0 radical (unpaired) electrons. The van der Waals surface area contributed by atoms with E-state index in [4.69, 9.17) is 0 Å². The van der Waals surface area contributed by atoms with E-state index >= 15 is 0 Å². The summed E-state index contributed by atoms with van der Waals surface area (Å²) in [5.41, 5.74) is 1.60. The number of benzene rings is 1. The van der Waals surface area contributed by atoms with E-state index in [0.29, 0.717) is 23.5 Å². The lowest BCUT2D eigenvalue weighted by Gasteiger charge is -2.48. The smallest absolute Gasteiger partial charge is 0.307 e. The van der Waals surface area contributed by atoms with Crippen LogP contribution < -0.4 is 0 Å². The zero-order chi connectivity index (χ0) is 21.6. The largest absolute Gasteiger partial charge is 0.481 e. The van der Waals surface area contributed by atoms with E-state index in [1.54, 1.807) is 17.9 Å². The molecule has 1 heterocycles. The van der Waals surface area contributed by atoms with E-state index in [1.165, 1.54) is 4.31 Å². The van der Waals surface area contributed by atoms with Crippen LogP contribution in [0.5, 0.6) is 0 Å². The highest BCUT2D eigenvalue weighted by molar-refractivity contribution is 7.89. The minimum atomic E-state index is -3.62. The van der Waals surface area contributed by atoms with Crippen LogP contribution >= 0.6 is 0 Å². The number of nitrogens with zero attached hydrogens (tertiary/aromatic N) is 2. The molecule has 1 amide bonds. The lowest BCUT2D eigenvalue weighted by molar-refractivity contribution is -0.162. The summed E-state index contributed by atoms with van der Waals surface area (Å²) in [6.45, 7) is 4.74. The van der Waals surface area contributed by atoms with Crippen molar-refractivity contribution in [2.75, 3.05) is 26.2 Å². The molecule has 164 valence electrons. The lowest BCUT2D eigenvalue weighted by Crippen LogP contribution is -2.56. The van der Waals surface area contributed by atoms with Crippen LogP contribution in [0.4, 0.5) is 0 Å². The van der Waals surface area contributed by atoms with Gasteiger partial charge in [0.15, 0.2) is 0 Å². The van der Waals surface area contributed by atoms with Crippen LogP contribution in [0.2, 0.25) is 0 Å². The summed E-state index contributed by atoms with van der Waals surface area (Å²) in [4.78, 5) is 27.2. The van der Waals surface area contributed by atoms with Crippen LogP contribution in [0.1, 0.15) is 36.8 Å². The molecule has 30 heavy (non-hydrogen) atoms. The van der Waals surface area contributed by atoms with Crippen molar-refractivity contribution >= 4 is 21.9 Å². The van der Waals surface area contributed by atoms with Gasteiger partial charge in [-0.1, -0.05) is 12.1 Å². The zero-order valence-electron chi connectivity index (χ0n) is 17.6. The Kier molecular flexibility index (Phi) is 5.66. The Bertz CT molecular complexity index is 944. The molecule has 3 aliphatic carbocycles. The average molecular weight is 435 g/mol. The Morgan fingerprint density at radius 3 is 2.07 bits per heavy atom. The molecule has 7 nitrogen and oxygen atoms in total. The predicted octanol–water partition coefficient (Wildman–Crippen LogP) is 2.27. The molecule has 1 saturated heterocycles. The van der Waals surface area contributed by atoms with E-state index in [-0.39, 0.29) is 30.8 Å². The van der Waals surface area contributed by atoms with Gasteiger partial charge in [-0.3, -0.25) is 9.59 Å². The molecule has 1 aromatic rings. The van der Waals surface area contributed by atoms with Crippen molar-refractivity contribution in [3.63, 3.8) is 0 Å². The quantitative estimate of drug-likeness (QED) is 0.784. The summed E-state index contributed by atoms with van der Waals surface area (Å²) in [6.07, 6.45) is 3.64. The molecule has 1 aromatic carbocycles. The molecular weight excluding hydrogens is 404 g/mol. The van der Waals surface area contributed by atoms with Gasteiger partial charge in [0, 0.05) is 26.2 Å². The SMILES string of the molecule is Cc1ccc(C)c(S(=O)(=O)N2CCN(C(=O)[C@@H]3C4CCC(CC4)[C@@H]3C(=O)O)CC2)c1. The predicted molar refractivity (Wildman–Crippen MR) is 111 cm³/mol. The first-order valence-electron chi connectivity index (χ1n) is 10.8. The Hall–Kier alpha value is -1.93. The third-order valence-electron chi connectivity index (χ3n) is 7.30. The normalized spacial score (nSPS) is 29.7. The molecule has 4 fully saturated rings. The fraction of sp³-hybridized carbons (Fsp3) is 0.636. The number of sulfonamides is 1. The number of aryl methyl sites for hydroxylation is 2.